The molecule has 0 aliphatic rings. The van der Waals surface area contributed by atoms with E-state index < -0.39 is 0 Å². The average molecular weight is 253 g/mol. The Kier molecular flexibility index (Phi) is 3.58. The summed E-state index contributed by atoms with van der Waals surface area (Å²) in [6.07, 6.45) is 4.83. The van der Waals surface area contributed by atoms with Crippen LogP contribution in [0.3, 0.4) is 0 Å². The van der Waals surface area contributed by atoms with E-state index in [1.54, 1.807) is 24.2 Å². The lowest BCUT2D eigenvalue weighted by Gasteiger charge is -2.00. The zero-order chi connectivity index (χ0) is 11.4. The molecule has 0 unspecified atom stereocenters. The van der Waals surface area contributed by atoms with Gasteiger partial charge in [0.15, 0.2) is 0 Å². The topological polar surface area (TPSA) is 64.7 Å². The first-order valence-corrected chi connectivity index (χ1v) is 5.91. The summed E-state index contributed by atoms with van der Waals surface area (Å²) in [6, 6.07) is 3.70. The zero-order valence-electron chi connectivity index (χ0n) is 8.30. The number of nitrogens with two attached hydrogens (primary N) is 1. The van der Waals surface area contributed by atoms with Crippen molar-refractivity contribution in [2.45, 2.75) is 10.8 Å². The van der Waals surface area contributed by atoms with Gasteiger partial charge in [-0.2, -0.15) is 0 Å². The average Bonchev–Trinajstić information content (AvgIpc) is 2.30. The van der Waals surface area contributed by atoms with Crippen LogP contribution in [0.25, 0.3) is 0 Å². The van der Waals surface area contributed by atoms with Gasteiger partial charge in [0, 0.05) is 5.75 Å². The standard InChI is InChI=1S/C10H9ClN4S/c11-9-5-13-8(4-14-9)6-16-10-2-1-7(12)3-15-10/h1-5H,6,12H2. The third-order valence-electron chi connectivity index (χ3n) is 1.80. The molecule has 0 saturated carbocycles. The lowest BCUT2D eigenvalue weighted by atomic mass is 10.4. The van der Waals surface area contributed by atoms with E-state index >= 15 is 0 Å². The van der Waals surface area contributed by atoms with Crippen LogP contribution in [0.4, 0.5) is 5.69 Å². The number of pyridine rings is 1. The maximum atomic E-state index is 5.64. The Balaban J connectivity index is 1.97. The van der Waals surface area contributed by atoms with E-state index in [4.69, 9.17) is 17.3 Å². The van der Waals surface area contributed by atoms with Gasteiger partial charge in [-0.25, -0.2) is 9.97 Å². The Bertz CT molecular complexity index is 412. The van der Waals surface area contributed by atoms with Crippen LogP contribution in [-0.2, 0) is 5.75 Å². The second-order valence-corrected chi connectivity index (χ2v) is 4.43. The van der Waals surface area contributed by atoms with E-state index in [1.165, 1.54) is 6.20 Å². The molecule has 2 heterocycles. The molecule has 2 aromatic rings. The van der Waals surface area contributed by atoms with Gasteiger partial charge < -0.3 is 5.73 Å². The van der Waals surface area contributed by atoms with Gasteiger partial charge in [-0.1, -0.05) is 23.4 Å². The van der Waals surface area contributed by atoms with Crippen LogP contribution in [0.15, 0.2) is 35.7 Å². The third-order valence-corrected chi connectivity index (χ3v) is 2.97. The molecule has 2 aromatic heterocycles. The monoisotopic (exact) mass is 252 g/mol. The lowest BCUT2D eigenvalue weighted by molar-refractivity contribution is 1.09. The van der Waals surface area contributed by atoms with Gasteiger partial charge in [-0.15, -0.1) is 0 Å². The van der Waals surface area contributed by atoms with Gasteiger partial charge >= 0.3 is 0 Å². The minimum Gasteiger partial charge on any atom is -0.397 e. The van der Waals surface area contributed by atoms with Crippen LogP contribution in [0.2, 0.25) is 5.15 Å². The second-order valence-electron chi connectivity index (χ2n) is 3.05. The number of rotatable bonds is 3. The minimum atomic E-state index is 0.402. The van der Waals surface area contributed by atoms with Gasteiger partial charge in [-0.05, 0) is 12.1 Å². The molecule has 16 heavy (non-hydrogen) atoms. The maximum absolute atomic E-state index is 5.64. The minimum absolute atomic E-state index is 0.402. The normalized spacial score (nSPS) is 10.3. The van der Waals surface area contributed by atoms with Gasteiger partial charge in [0.25, 0.3) is 0 Å². The number of aromatic nitrogens is 3. The van der Waals surface area contributed by atoms with Crippen LogP contribution in [0.1, 0.15) is 5.69 Å². The molecule has 0 amide bonds. The van der Waals surface area contributed by atoms with Crippen LogP contribution < -0.4 is 5.73 Å². The van der Waals surface area contributed by atoms with Crippen LogP contribution >= 0.6 is 23.4 Å². The second kappa shape index (κ2) is 5.14. The predicted molar refractivity (Wildman–Crippen MR) is 65.3 cm³/mol. The van der Waals surface area contributed by atoms with E-state index in [0.29, 0.717) is 16.6 Å². The van der Waals surface area contributed by atoms with E-state index in [-0.39, 0.29) is 0 Å². The Morgan fingerprint density at radius 2 is 2.00 bits per heavy atom. The molecule has 0 atom stereocenters. The van der Waals surface area contributed by atoms with Crippen molar-refractivity contribution in [3.63, 3.8) is 0 Å². The summed E-state index contributed by atoms with van der Waals surface area (Å²) in [5, 5.41) is 1.31. The zero-order valence-corrected chi connectivity index (χ0v) is 9.87. The molecule has 0 spiro atoms. The highest BCUT2D eigenvalue weighted by Gasteiger charge is 1.99. The lowest BCUT2D eigenvalue weighted by Crippen LogP contribution is -1.90. The molecule has 0 aromatic carbocycles. The fourth-order valence-electron chi connectivity index (χ4n) is 1.04. The van der Waals surface area contributed by atoms with E-state index in [1.807, 2.05) is 12.1 Å². The molecule has 0 saturated heterocycles. The summed E-state index contributed by atoms with van der Waals surface area (Å²) in [5.74, 6) is 0.709. The van der Waals surface area contributed by atoms with E-state index in [2.05, 4.69) is 15.0 Å². The quantitative estimate of drug-likeness (QED) is 0.850. The van der Waals surface area contributed by atoms with Crippen molar-refractivity contribution < 1.29 is 0 Å². The van der Waals surface area contributed by atoms with E-state index in [9.17, 15) is 0 Å². The van der Waals surface area contributed by atoms with E-state index in [0.717, 1.165) is 10.7 Å². The Morgan fingerprint density at radius 3 is 2.62 bits per heavy atom. The molecule has 0 aliphatic heterocycles. The fourth-order valence-corrected chi connectivity index (χ4v) is 1.87. The summed E-state index contributed by atoms with van der Waals surface area (Å²) in [7, 11) is 0. The Hall–Kier alpha value is -1.33. The highest BCUT2D eigenvalue weighted by atomic mass is 35.5. The van der Waals surface area contributed by atoms with Crippen molar-refractivity contribution >= 4 is 29.1 Å². The first-order valence-electron chi connectivity index (χ1n) is 4.55. The summed E-state index contributed by atoms with van der Waals surface area (Å²) >= 11 is 7.22. The summed E-state index contributed by atoms with van der Waals surface area (Å²) in [4.78, 5) is 12.3. The number of halogens is 1. The first-order chi connectivity index (χ1) is 7.74. The summed E-state index contributed by atoms with van der Waals surface area (Å²) < 4.78 is 0. The molecular weight excluding hydrogens is 244 g/mol. The molecule has 0 fully saturated rings. The molecule has 6 heteroatoms. The van der Waals surface area contributed by atoms with Gasteiger partial charge in [0.05, 0.1) is 35.0 Å². The summed E-state index contributed by atoms with van der Waals surface area (Å²) in [6.45, 7) is 0. The Labute approximate surface area is 102 Å². The number of nitrogen functional groups attached to an aromatic ring is 1. The van der Waals surface area contributed by atoms with Crippen LogP contribution in [0.5, 0.6) is 0 Å². The van der Waals surface area contributed by atoms with Gasteiger partial charge in [0.1, 0.15) is 5.15 Å². The van der Waals surface area contributed by atoms with Gasteiger partial charge in [0.2, 0.25) is 0 Å². The molecule has 82 valence electrons. The van der Waals surface area contributed by atoms with Crippen molar-refractivity contribution in [2.75, 3.05) is 5.73 Å². The highest BCUT2D eigenvalue weighted by molar-refractivity contribution is 7.98. The largest absolute Gasteiger partial charge is 0.397 e. The number of hydrogen-bond donors (Lipinski definition) is 1. The smallest absolute Gasteiger partial charge is 0.147 e. The van der Waals surface area contributed by atoms with Crippen molar-refractivity contribution in [3.8, 4) is 0 Å². The fraction of sp³-hybridized carbons (Fsp3) is 0.100. The number of hydrogen-bond acceptors (Lipinski definition) is 5. The number of anilines is 1. The third kappa shape index (κ3) is 3.08. The molecule has 0 radical (unpaired) electrons. The molecular formula is C10H9ClN4S. The molecule has 0 aliphatic carbocycles. The maximum Gasteiger partial charge on any atom is 0.147 e. The van der Waals surface area contributed by atoms with Gasteiger partial charge in [-0.3, -0.25) is 4.98 Å². The summed E-state index contributed by atoms with van der Waals surface area (Å²) in [5.41, 5.74) is 7.07. The molecule has 0 bridgehead atoms. The van der Waals surface area contributed by atoms with Crippen molar-refractivity contribution in [1.82, 2.24) is 15.0 Å². The first kappa shape index (κ1) is 11.2. The molecule has 2 rings (SSSR count). The van der Waals surface area contributed by atoms with Crippen molar-refractivity contribution in [2.24, 2.45) is 0 Å². The van der Waals surface area contributed by atoms with Crippen LogP contribution in [0, 0.1) is 0 Å². The van der Waals surface area contributed by atoms with Crippen molar-refractivity contribution in [3.05, 3.63) is 41.6 Å². The molecule has 2 N–H and O–H groups in total. The Morgan fingerprint density at radius 1 is 1.12 bits per heavy atom. The highest BCUT2D eigenvalue weighted by Crippen LogP contribution is 2.20. The van der Waals surface area contributed by atoms with Crippen molar-refractivity contribution in [1.29, 1.82) is 0 Å². The molecule has 4 nitrogen and oxygen atoms in total. The SMILES string of the molecule is Nc1ccc(SCc2cnc(Cl)cn2)nc1. The van der Waals surface area contributed by atoms with Crippen LogP contribution in [-0.4, -0.2) is 15.0 Å². The predicted octanol–water partition coefficient (Wildman–Crippen LogP) is 2.40. The number of nitrogens with zero attached hydrogens (tertiary/aromatic N) is 3. The number of thioether (sulfide) groups is 1.